The van der Waals surface area contributed by atoms with Crippen LogP contribution in [-0.2, 0) is 11.8 Å². The zero-order valence-electron chi connectivity index (χ0n) is 10.3. The summed E-state index contributed by atoms with van der Waals surface area (Å²) in [4.78, 5) is 13.5. The Balaban J connectivity index is 2.19. The highest BCUT2D eigenvalue weighted by molar-refractivity contribution is 5.78. The van der Waals surface area contributed by atoms with Gasteiger partial charge in [0.2, 0.25) is 5.91 Å². The molecule has 0 spiro atoms. The van der Waals surface area contributed by atoms with E-state index in [0.29, 0.717) is 13.1 Å². The van der Waals surface area contributed by atoms with Gasteiger partial charge >= 0.3 is 0 Å². The van der Waals surface area contributed by atoms with Gasteiger partial charge in [0.05, 0.1) is 18.8 Å². The van der Waals surface area contributed by atoms with E-state index in [2.05, 4.69) is 15.3 Å². The third-order valence-electron chi connectivity index (χ3n) is 3.03. The van der Waals surface area contributed by atoms with E-state index < -0.39 is 0 Å². The number of piperazine rings is 1. The predicted octanol–water partition coefficient (Wildman–Crippen LogP) is -0.760. The van der Waals surface area contributed by atoms with E-state index >= 15 is 0 Å². The molecule has 94 valence electrons. The van der Waals surface area contributed by atoms with Gasteiger partial charge in [-0.15, -0.1) is 0 Å². The van der Waals surface area contributed by atoms with Crippen LogP contribution in [0.4, 0.5) is 0 Å². The number of carbonyl (C=O) groups is 1. The van der Waals surface area contributed by atoms with E-state index in [-0.39, 0.29) is 18.0 Å². The Morgan fingerprint density at radius 3 is 2.88 bits per heavy atom. The minimum atomic E-state index is -0.0369. The smallest absolute Gasteiger partial charge is 0.234 e. The first-order valence-corrected chi connectivity index (χ1v) is 5.83. The fourth-order valence-electron chi connectivity index (χ4n) is 2.34. The van der Waals surface area contributed by atoms with Gasteiger partial charge in [-0.25, -0.2) is 0 Å². The van der Waals surface area contributed by atoms with E-state index in [4.69, 9.17) is 5.73 Å². The normalized spacial score (nSPS) is 21.0. The van der Waals surface area contributed by atoms with Crippen LogP contribution in [0.15, 0.2) is 12.4 Å². The van der Waals surface area contributed by atoms with Gasteiger partial charge in [-0.2, -0.15) is 5.10 Å². The second kappa shape index (κ2) is 4.85. The van der Waals surface area contributed by atoms with Crippen molar-refractivity contribution >= 4 is 5.91 Å². The molecule has 1 aromatic rings. The van der Waals surface area contributed by atoms with E-state index in [1.165, 1.54) is 0 Å². The Morgan fingerprint density at radius 2 is 2.35 bits per heavy atom. The Hall–Kier alpha value is -1.40. The average molecular weight is 237 g/mol. The van der Waals surface area contributed by atoms with Crippen molar-refractivity contribution in [3.05, 3.63) is 18.0 Å². The Morgan fingerprint density at radius 1 is 1.59 bits per heavy atom. The second-order valence-electron chi connectivity index (χ2n) is 4.57. The molecule has 0 saturated carbocycles. The molecule has 1 amide bonds. The molecule has 1 aliphatic rings. The summed E-state index contributed by atoms with van der Waals surface area (Å²) in [5.74, 6) is 0.0609. The van der Waals surface area contributed by atoms with Gasteiger partial charge in [-0.3, -0.25) is 14.4 Å². The highest BCUT2D eigenvalue weighted by Crippen LogP contribution is 2.23. The average Bonchev–Trinajstić information content (AvgIpc) is 2.64. The van der Waals surface area contributed by atoms with E-state index in [0.717, 1.165) is 12.1 Å². The van der Waals surface area contributed by atoms with Crippen molar-refractivity contribution in [2.75, 3.05) is 19.6 Å². The van der Waals surface area contributed by atoms with Crippen molar-refractivity contribution < 1.29 is 4.79 Å². The first kappa shape index (κ1) is 12.1. The first-order chi connectivity index (χ1) is 8.08. The minimum Gasteiger partial charge on any atom is -0.354 e. The maximum Gasteiger partial charge on any atom is 0.234 e. The number of carbonyl (C=O) groups excluding carboxylic acids is 1. The summed E-state index contributed by atoms with van der Waals surface area (Å²) in [5.41, 5.74) is 7.11. The molecular weight excluding hydrogens is 218 g/mol. The SMILES string of the molecule is CC(N)C(c1cnn(C)c1)N1CCNC(=O)C1. The summed E-state index contributed by atoms with van der Waals surface area (Å²) in [6.45, 7) is 3.88. The Kier molecular flexibility index (Phi) is 3.44. The van der Waals surface area contributed by atoms with Crippen LogP contribution in [0.2, 0.25) is 0 Å². The molecule has 0 radical (unpaired) electrons. The number of rotatable bonds is 3. The quantitative estimate of drug-likeness (QED) is 0.724. The molecule has 1 aliphatic heterocycles. The van der Waals surface area contributed by atoms with Gasteiger partial charge in [0.25, 0.3) is 0 Å². The highest BCUT2D eigenvalue weighted by atomic mass is 16.2. The molecule has 6 nitrogen and oxygen atoms in total. The molecule has 2 heterocycles. The van der Waals surface area contributed by atoms with Gasteiger partial charge in [0.1, 0.15) is 0 Å². The lowest BCUT2D eigenvalue weighted by atomic mass is 10.0. The summed E-state index contributed by atoms with van der Waals surface area (Å²) in [5, 5.41) is 6.99. The number of nitrogens with one attached hydrogen (secondary N) is 1. The Labute approximate surface area is 101 Å². The zero-order chi connectivity index (χ0) is 12.4. The lowest BCUT2D eigenvalue weighted by Crippen LogP contribution is -2.52. The van der Waals surface area contributed by atoms with Crippen LogP contribution in [0, 0.1) is 0 Å². The molecule has 2 unspecified atom stereocenters. The molecule has 0 aromatic carbocycles. The number of nitrogens with zero attached hydrogens (tertiary/aromatic N) is 3. The largest absolute Gasteiger partial charge is 0.354 e. The van der Waals surface area contributed by atoms with Crippen LogP contribution in [-0.4, -0.2) is 46.3 Å². The molecule has 3 N–H and O–H groups in total. The summed E-state index contributed by atoms with van der Waals surface area (Å²) in [7, 11) is 1.88. The van der Waals surface area contributed by atoms with Gasteiger partial charge in [0, 0.05) is 37.9 Å². The first-order valence-electron chi connectivity index (χ1n) is 5.83. The van der Waals surface area contributed by atoms with Crippen LogP contribution >= 0.6 is 0 Å². The number of hydrogen-bond donors (Lipinski definition) is 2. The maximum atomic E-state index is 11.4. The van der Waals surface area contributed by atoms with Crippen LogP contribution in [0.25, 0.3) is 0 Å². The molecule has 0 bridgehead atoms. The monoisotopic (exact) mass is 237 g/mol. The van der Waals surface area contributed by atoms with Crippen LogP contribution < -0.4 is 11.1 Å². The molecular formula is C11H19N5O. The lowest BCUT2D eigenvalue weighted by Gasteiger charge is -2.35. The molecule has 1 saturated heterocycles. The summed E-state index contributed by atoms with van der Waals surface area (Å²) in [6, 6.07) is 0.0137. The third-order valence-corrected chi connectivity index (χ3v) is 3.03. The van der Waals surface area contributed by atoms with E-state index in [1.807, 2.05) is 26.4 Å². The fraction of sp³-hybridized carbons (Fsp3) is 0.636. The zero-order valence-corrected chi connectivity index (χ0v) is 10.3. The molecule has 17 heavy (non-hydrogen) atoms. The highest BCUT2D eigenvalue weighted by Gasteiger charge is 2.28. The summed E-state index contributed by atoms with van der Waals surface area (Å²) < 4.78 is 1.76. The number of aryl methyl sites for hydroxylation is 1. The summed E-state index contributed by atoms with van der Waals surface area (Å²) >= 11 is 0. The maximum absolute atomic E-state index is 11.4. The Bertz CT molecular complexity index is 400. The molecule has 0 aliphatic carbocycles. The topological polar surface area (TPSA) is 76.2 Å². The van der Waals surface area contributed by atoms with Crippen molar-refractivity contribution in [3.8, 4) is 0 Å². The standard InChI is InChI=1S/C11H19N5O/c1-8(12)11(9-5-14-15(2)6-9)16-4-3-13-10(17)7-16/h5-6,8,11H,3-4,7,12H2,1-2H3,(H,13,17). The van der Waals surface area contributed by atoms with Gasteiger partial charge < -0.3 is 11.1 Å². The van der Waals surface area contributed by atoms with Crippen molar-refractivity contribution in [2.24, 2.45) is 12.8 Å². The van der Waals surface area contributed by atoms with Crippen molar-refractivity contribution in [3.63, 3.8) is 0 Å². The third kappa shape index (κ3) is 2.65. The molecule has 1 aromatic heterocycles. The van der Waals surface area contributed by atoms with E-state index in [1.54, 1.807) is 4.68 Å². The van der Waals surface area contributed by atoms with Crippen LogP contribution in [0.5, 0.6) is 0 Å². The van der Waals surface area contributed by atoms with Gasteiger partial charge in [0.15, 0.2) is 0 Å². The second-order valence-corrected chi connectivity index (χ2v) is 4.57. The molecule has 2 atom stereocenters. The molecule has 6 heteroatoms. The van der Waals surface area contributed by atoms with Gasteiger partial charge in [-0.1, -0.05) is 0 Å². The predicted molar refractivity (Wildman–Crippen MR) is 64.2 cm³/mol. The number of amides is 1. The van der Waals surface area contributed by atoms with Crippen molar-refractivity contribution in [1.82, 2.24) is 20.0 Å². The number of nitrogens with two attached hydrogens (primary N) is 1. The van der Waals surface area contributed by atoms with Crippen molar-refractivity contribution in [2.45, 2.75) is 19.0 Å². The summed E-state index contributed by atoms with van der Waals surface area (Å²) in [6.07, 6.45) is 3.78. The fourth-order valence-corrected chi connectivity index (χ4v) is 2.34. The van der Waals surface area contributed by atoms with Crippen LogP contribution in [0.1, 0.15) is 18.5 Å². The van der Waals surface area contributed by atoms with Crippen molar-refractivity contribution in [1.29, 1.82) is 0 Å². The minimum absolute atomic E-state index is 0.0369. The molecule has 2 rings (SSSR count). The van der Waals surface area contributed by atoms with Crippen LogP contribution in [0.3, 0.4) is 0 Å². The van der Waals surface area contributed by atoms with Gasteiger partial charge in [-0.05, 0) is 6.92 Å². The molecule has 1 fully saturated rings. The van der Waals surface area contributed by atoms with E-state index in [9.17, 15) is 4.79 Å². The lowest BCUT2D eigenvalue weighted by molar-refractivity contribution is -0.125. The number of hydrogen-bond acceptors (Lipinski definition) is 4. The number of aromatic nitrogens is 2.